The molecule has 0 saturated carbocycles. The molecule has 0 bridgehead atoms. The number of amides is 1. The number of para-hydroxylation sites is 2. The van der Waals surface area contributed by atoms with Crippen molar-refractivity contribution >= 4 is 28.3 Å². The molecule has 0 aliphatic heterocycles. The standard InChI is InChI=1S/C26H28N4O3/c1-5-30(6-2)22-16-20-19(27-25(28-20)17-11-7-9-13-23(17)32-3)15-21(22)29-26(31)18-12-8-10-14-24(18)33-4/h7-16H,5-6H2,1-4H3,(H,27,28)(H,29,31). The van der Waals surface area contributed by atoms with Crippen LogP contribution in [0.1, 0.15) is 24.2 Å². The molecular weight excluding hydrogens is 416 g/mol. The largest absolute Gasteiger partial charge is 0.496 e. The van der Waals surface area contributed by atoms with E-state index in [4.69, 9.17) is 14.5 Å². The molecule has 3 aromatic carbocycles. The molecule has 7 nitrogen and oxygen atoms in total. The fraction of sp³-hybridized carbons (Fsp3) is 0.231. The van der Waals surface area contributed by atoms with Crippen molar-refractivity contribution in [3.8, 4) is 22.9 Å². The number of carbonyl (C=O) groups is 1. The van der Waals surface area contributed by atoms with Crippen LogP contribution in [0.15, 0.2) is 60.7 Å². The maximum absolute atomic E-state index is 13.1. The van der Waals surface area contributed by atoms with Gasteiger partial charge in [-0.2, -0.15) is 0 Å². The minimum Gasteiger partial charge on any atom is -0.496 e. The van der Waals surface area contributed by atoms with Crippen molar-refractivity contribution in [3.05, 3.63) is 66.2 Å². The summed E-state index contributed by atoms with van der Waals surface area (Å²) in [5.41, 5.74) is 4.60. The van der Waals surface area contributed by atoms with Crippen molar-refractivity contribution in [1.82, 2.24) is 9.97 Å². The Morgan fingerprint density at radius 1 is 0.970 bits per heavy atom. The van der Waals surface area contributed by atoms with Gasteiger partial charge in [-0.15, -0.1) is 0 Å². The minimum absolute atomic E-state index is 0.235. The normalized spacial score (nSPS) is 10.8. The molecule has 33 heavy (non-hydrogen) atoms. The monoisotopic (exact) mass is 444 g/mol. The fourth-order valence-electron chi connectivity index (χ4n) is 3.96. The molecule has 1 amide bonds. The third-order valence-corrected chi connectivity index (χ3v) is 5.67. The molecule has 1 aromatic heterocycles. The van der Waals surface area contributed by atoms with Crippen LogP contribution in [-0.4, -0.2) is 43.2 Å². The van der Waals surface area contributed by atoms with Gasteiger partial charge >= 0.3 is 0 Å². The van der Waals surface area contributed by atoms with Gasteiger partial charge in [0, 0.05) is 13.1 Å². The summed E-state index contributed by atoms with van der Waals surface area (Å²) < 4.78 is 10.9. The first-order valence-electron chi connectivity index (χ1n) is 11.0. The van der Waals surface area contributed by atoms with E-state index in [-0.39, 0.29) is 5.91 Å². The Hall–Kier alpha value is -4.00. The highest BCUT2D eigenvalue weighted by Crippen LogP contribution is 2.35. The Bertz CT molecular complexity index is 1280. The summed E-state index contributed by atoms with van der Waals surface area (Å²) in [6.07, 6.45) is 0. The smallest absolute Gasteiger partial charge is 0.259 e. The van der Waals surface area contributed by atoms with Gasteiger partial charge in [-0.05, 0) is 50.2 Å². The Kier molecular flexibility index (Phi) is 6.49. The maximum Gasteiger partial charge on any atom is 0.259 e. The van der Waals surface area contributed by atoms with Crippen molar-refractivity contribution in [1.29, 1.82) is 0 Å². The first-order valence-corrected chi connectivity index (χ1v) is 11.0. The van der Waals surface area contributed by atoms with E-state index in [2.05, 4.69) is 29.0 Å². The SMILES string of the molecule is CCN(CC)c1cc2[nH]c(-c3ccccc3OC)nc2cc1NC(=O)c1ccccc1OC. The van der Waals surface area contributed by atoms with Gasteiger partial charge in [0.25, 0.3) is 5.91 Å². The number of methoxy groups -OCH3 is 2. The molecule has 0 aliphatic carbocycles. The summed E-state index contributed by atoms with van der Waals surface area (Å²) in [6, 6.07) is 18.9. The number of hydrogen-bond donors (Lipinski definition) is 2. The number of anilines is 2. The van der Waals surface area contributed by atoms with Crippen LogP contribution in [0, 0.1) is 0 Å². The zero-order chi connectivity index (χ0) is 23.4. The Morgan fingerprint density at radius 3 is 2.33 bits per heavy atom. The second kappa shape index (κ2) is 9.65. The lowest BCUT2D eigenvalue weighted by Crippen LogP contribution is -2.24. The van der Waals surface area contributed by atoms with Crippen LogP contribution >= 0.6 is 0 Å². The molecule has 170 valence electrons. The van der Waals surface area contributed by atoms with Gasteiger partial charge in [0.05, 0.1) is 47.8 Å². The molecule has 2 N–H and O–H groups in total. The van der Waals surface area contributed by atoms with Gasteiger partial charge in [0.1, 0.15) is 17.3 Å². The van der Waals surface area contributed by atoms with E-state index in [1.54, 1.807) is 26.4 Å². The van der Waals surface area contributed by atoms with Gasteiger partial charge in [0.2, 0.25) is 0 Å². The lowest BCUT2D eigenvalue weighted by Gasteiger charge is -2.24. The maximum atomic E-state index is 13.1. The van der Waals surface area contributed by atoms with Crippen LogP contribution in [0.4, 0.5) is 11.4 Å². The highest BCUT2D eigenvalue weighted by atomic mass is 16.5. The fourth-order valence-corrected chi connectivity index (χ4v) is 3.96. The number of carbonyl (C=O) groups excluding carboxylic acids is 1. The summed E-state index contributed by atoms with van der Waals surface area (Å²) in [5.74, 6) is 1.74. The Balaban J connectivity index is 1.80. The third kappa shape index (κ3) is 4.35. The average Bonchev–Trinajstić information content (AvgIpc) is 3.27. The number of fused-ring (bicyclic) bond motifs is 1. The summed E-state index contributed by atoms with van der Waals surface area (Å²) in [6.45, 7) is 5.78. The van der Waals surface area contributed by atoms with E-state index < -0.39 is 0 Å². The van der Waals surface area contributed by atoms with Crippen molar-refractivity contribution in [2.24, 2.45) is 0 Å². The summed E-state index contributed by atoms with van der Waals surface area (Å²) in [5, 5.41) is 3.08. The van der Waals surface area contributed by atoms with E-state index in [0.29, 0.717) is 22.8 Å². The quantitative estimate of drug-likeness (QED) is 0.383. The predicted octanol–water partition coefficient (Wildman–Crippen LogP) is 5.35. The third-order valence-electron chi connectivity index (χ3n) is 5.67. The van der Waals surface area contributed by atoms with E-state index in [9.17, 15) is 4.79 Å². The van der Waals surface area contributed by atoms with Gasteiger partial charge in [-0.1, -0.05) is 24.3 Å². The van der Waals surface area contributed by atoms with Crippen molar-refractivity contribution < 1.29 is 14.3 Å². The zero-order valence-corrected chi connectivity index (χ0v) is 19.3. The summed E-state index contributed by atoms with van der Waals surface area (Å²) >= 11 is 0. The number of H-pyrrole nitrogens is 1. The van der Waals surface area contributed by atoms with Crippen LogP contribution in [0.2, 0.25) is 0 Å². The number of benzene rings is 3. The topological polar surface area (TPSA) is 79.5 Å². The summed E-state index contributed by atoms with van der Waals surface area (Å²) in [4.78, 5) is 23.5. The molecule has 4 rings (SSSR count). The molecule has 1 heterocycles. The number of aromatic amines is 1. The lowest BCUT2D eigenvalue weighted by atomic mass is 10.1. The minimum atomic E-state index is -0.235. The molecule has 0 spiro atoms. The molecule has 0 unspecified atom stereocenters. The highest BCUT2D eigenvalue weighted by molar-refractivity contribution is 6.09. The van der Waals surface area contributed by atoms with E-state index in [0.717, 1.165) is 41.1 Å². The van der Waals surface area contributed by atoms with Crippen LogP contribution in [0.5, 0.6) is 11.5 Å². The molecule has 4 aromatic rings. The van der Waals surface area contributed by atoms with Crippen LogP contribution in [-0.2, 0) is 0 Å². The van der Waals surface area contributed by atoms with E-state index >= 15 is 0 Å². The first-order chi connectivity index (χ1) is 16.1. The van der Waals surface area contributed by atoms with Gasteiger partial charge in [-0.25, -0.2) is 4.98 Å². The molecule has 0 fully saturated rings. The van der Waals surface area contributed by atoms with Crippen LogP contribution < -0.4 is 19.7 Å². The number of rotatable bonds is 8. The van der Waals surface area contributed by atoms with E-state index in [1.807, 2.05) is 48.5 Å². The second-order valence-corrected chi connectivity index (χ2v) is 7.50. The average molecular weight is 445 g/mol. The lowest BCUT2D eigenvalue weighted by molar-refractivity contribution is 0.102. The number of aromatic nitrogens is 2. The molecular formula is C26H28N4O3. The Morgan fingerprint density at radius 2 is 1.64 bits per heavy atom. The number of ether oxygens (including phenoxy) is 2. The molecule has 0 atom stereocenters. The van der Waals surface area contributed by atoms with Gasteiger partial charge in [0.15, 0.2) is 0 Å². The number of imidazole rings is 1. The summed E-state index contributed by atoms with van der Waals surface area (Å²) in [7, 11) is 3.20. The van der Waals surface area contributed by atoms with E-state index in [1.165, 1.54) is 0 Å². The second-order valence-electron chi connectivity index (χ2n) is 7.50. The number of nitrogens with zero attached hydrogens (tertiary/aromatic N) is 2. The Labute approximate surface area is 193 Å². The molecule has 0 radical (unpaired) electrons. The van der Waals surface area contributed by atoms with Crippen molar-refractivity contribution in [2.45, 2.75) is 13.8 Å². The highest BCUT2D eigenvalue weighted by Gasteiger charge is 2.18. The first kappa shape index (κ1) is 22.2. The zero-order valence-electron chi connectivity index (χ0n) is 19.3. The van der Waals surface area contributed by atoms with Gasteiger partial charge < -0.3 is 24.7 Å². The molecule has 7 heteroatoms. The van der Waals surface area contributed by atoms with Crippen molar-refractivity contribution in [3.63, 3.8) is 0 Å². The van der Waals surface area contributed by atoms with Crippen LogP contribution in [0.3, 0.4) is 0 Å². The van der Waals surface area contributed by atoms with Crippen molar-refractivity contribution in [2.75, 3.05) is 37.5 Å². The molecule has 0 saturated heterocycles. The predicted molar refractivity (Wildman–Crippen MR) is 133 cm³/mol. The molecule has 0 aliphatic rings. The number of hydrogen-bond acceptors (Lipinski definition) is 5. The number of nitrogens with one attached hydrogen (secondary N) is 2. The van der Waals surface area contributed by atoms with Crippen LogP contribution in [0.25, 0.3) is 22.4 Å². The van der Waals surface area contributed by atoms with Gasteiger partial charge in [-0.3, -0.25) is 4.79 Å².